The molecule has 96 valence electrons. The Bertz CT molecular complexity index is 447. The zero-order chi connectivity index (χ0) is 13.4. The molecule has 0 spiro atoms. The Kier molecular flexibility index (Phi) is 5.67. The van der Waals surface area contributed by atoms with Crippen molar-refractivity contribution < 1.29 is 14.6 Å². The van der Waals surface area contributed by atoms with Gasteiger partial charge in [0.05, 0.1) is 18.8 Å². The minimum atomic E-state index is -0.446. The van der Waals surface area contributed by atoms with E-state index in [2.05, 4.69) is 0 Å². The molecule has 0 unspecified atom stereocenters. The number of nitrogen functional groups attached to an aromatic ring is 1. The van der Waals surface area contributed by atoms with Crippen LogP contribution in [0.4, 0.5) is 5.69 Å². The Morgan fingerprint density at radius 1 is 1.39 bits per heavy atom. The number of esters is 1. The molecule has 0 bridgehead atoms. The first-order valence-corrected chi connectivity index (χ1v) is 5.69. The van der Waals surface area contributed by atoms with Crippen LogP contribution in [0.2, 0.25) is 0 Å². The molecule has 1 aromatic carbocycles. The molecule has 4 heteroatoms. The molecule has 1 aromatic rings. The van der Waals surface area contributed by atoms with E-state index in [0.29, 0.717) is 17.9 Å². The van der Waals surface area contributed by atoms with E-state index in [1.165, 1.54) is 6.08 Å². The van der Waals surface area contributed by atoms with Crippen molar-refractivity contribution in [2.75, 3.05) is 18.9 Å². The minimum absolute atomic E-state index is 0.208. The Morgan fingerprint density at radius 3 is 2.61 bits per heavy atom. The molecule has 0 aliphatic carbocycles. The van der Waals surface area contributed by atoms with Crippen LogP contribution in [0, 0.1) is 0 Å². The standard InChI is InChI=1S/C14H17NO3/c1-2-18-14(17)12(9-10-16)6-3-11-4-7-13(15)8-5-11/h3-9,16H,2,10,15H2,1H3/b6-3+,12-9+. The van der Waals surface area contributed by atoms with E-state index in [9.17, 15) is 4.79 Å². The molecule has 1 rings (SSSR count). The van der Waals surface area contributed by atoms with Gasteiger partial charge in [-0.05, 0) is 36.8 Å². The van der Waals surface area contributed by atoms with E-state index in [1.54, 1.807) is 31.2 Å². The Balaban J connectivity index is 2.80. The fourth-order valence-corrected chi connectivity index (χ4v) is 1.33. The molecule has 3 N–H and O–H groups in total. The average molecular weight is 247 g/mol. The second-order valence-electron chi connectivity index (χ2n) is 3.56. The van der Waals surface area contributed by atoms with Crippen LogP contribution >= 0.6 is 0 Å². The molecule has 4 nitrogen and oxygen atoms in total. The average Bonchev–Trinajstić information content (AvgIpc) is 2.36. The molecule has 0 aromatic heterocycles. The third kappa shape index (κ3) is 4.43. The fraction of sp³-hybridized carbons (Fsp3) is 0.214. The van der Waals surface area contributed by atoms with E-state index in [0.717, 1.165) is 5.56 Å². The van der Waals surface area contributed by atoms with E-state index in [1.807, 2.05) is 12.1 Å². The van der Waals surface area contributed by atoms with Gasteiger partial charge in [-0.3, -0.25) is 0 Å². The number of carbonyl (C=O) groups is 1. The Hall–Kier alpha value is -2.07. The number of carbonyl (C=O) groups excluding carboxylic acids is 1. The SMILES string of the molecule is CCOC(=O)C(/C=C/c1ccc(N)cc1)=C/CO. The topological polar surface area (TPSA) is 72.5 Å². The third-order valence-electron chi connectivity index (χ3n) is 2.21. The summed E-state index contributed by atoms with van der Waals surface area (Å²) in [6, 6.07) is 7.24. The predicted octanol–water partition coefficient (Wildman–Crippen LogP) is 1.76. The fourth-order valence-electron chi connectivity index (χ4n) is 1.33. The highest BCUT2D eigenvalue weighted by Gasteiger charge is 2.05. The van der Waals surface area contributed by atoms with E-state index >= 15 is 0 Å². The van der Waals surface area contributed by atoms with Crippen molar-refractivity contribution in [1.82, 2.24) is 0 Å². The van der Waals surface area contributed by atoms with Crippen LogP contribution in [0.3, 0.4) is 0 Å². The molecular weight excluding hydrogens is 230 g/mol. The number of aliphatic hydroxyl groups is 1. The van der Waals surface area contributed by atoms with Crippen molar-refractivity contribution in [2.24, 2.45) is 0 Å². The summed E-state index contributed by atoms with van der Waals surface area (Å²) in [6.07, 6.45) is 4.78. The number of nitrogens with two attached hydrogens (primary N) is 1. The monoisotopic (exact) mass is 247 g/mol. The third-order valence-corrected chi connectivity index (χ3v) is 2.21. The molecule has 0 heterocycles. The van der Waals surface area contributed by atoms with Gasteiger partial charge in [0, 0.05) is 5.69 Å². The predicted molar refractivity (Wildman–Crippen MR) is 71.7 cm³/mol. The second-order valence-corrected chi connectivity index (χ2v) is 3.56. The van der Waals surface area contributed by atoms with Gasteiger partial charge in [0.1, 0.15) is 0 Å². The van der Waals surface area contributed by atoms with Gasteiger partial charge >= 0.3 is 5.97 Å². The van der Waals surface area contributed by atoms with Gasteiger partial charge in [-0.1, -0.05) is 18.2 Å². The van der Waals surface area contributed by atoms with Crippen molar-refractivity contribution in [1.29, 1.82) is 0 Å². The molecule has 0 saturated heterocycles. The molecule has 0 amide bonds. The molecule has 0 aliphatic rings. The molecule has 18 heavy (non-hydrogen) atoms. The second kappa shape index (κ2) is 7.29. The van der Waals surface area contributed by atoms with Crippen LogP contribution in [0.25, 0.3) is 6.08 Å². The number of hydrogen-bond donors (Lipinski definition) is 2. The van der Waals surface area contributed by atoms with E-state index in [-0.39, 0.29) is 6.61 Å². The maximum absolute atomic E-state index is 11.5. The van der Waals surface area contributed by atoms with Crippen molar-refractivity contribution in [3.63, 3.8) is 0 Å². The van der Waals surface area contributed by atoms with Gasteiger partial charge in [-0.15, -0.1) is 0 Å². The van der Waals surface area contributed by atoms with E-state index < -0.39 is 5.97 Å². The summed E-state index contributed by atoms with van der Waals surface area (Å²) in [5.74, 6) is -0.446. The first kappa shape index (κ1) is 14.0. The largest absolute Gasteiger partial charge is 0.462 e. The highest BCUT2D eigenvalue weighted by Crippen LogP contribution is 2.09. The summed E-state index contributed by atoms with van der Waals surface area (Å²) in [4.78, 5) is 11.5. The normalized spacial score (nSPS) is 11.8. The van der Waals surface area contributed by atoms with Crippen LogP contribution in [0.15, 0.2) is 42.0 Å². The first-order chi connectivity index (χ1) is 8.67. The maximum atomic E-state index is 11.5. The van der Waals surface area contributed by atoms with Crippen molar-refractivity contribution in [3.8, 4) is 0 Å². The summed E-state index contributed by atoms with van der Waals surface area (Å²) in [5.41, 5.74) is 7.50. The summed E-state index contributed by atoms with van der Waals surface area (Å²) in [6.45, 7) is 1.83. The first-order valence-electron chi connectivity index (χ1n) is 5.69. The van der Waals surface area contributed by atoms with Gasteiger partial charge in [0.25, 0.3) is 0 Å². The molecule has 0 fully saturated rings. The number of rotatable bonds is 5. The lowest BCUT2D eigenvalue weighted by molar-refractivity contribution is -0.138. The van der Waals surface area contributed by atoms with Gasteiger partial charge in [-0.2, -0.15) is 0 Å². The number of ether oxygens (including phenoxy) is 1. The van der Waals surface area contributed by atoms with E-state index in [4.69, 9.17) is 15.6 Å². The minimum Gasteiger partial charge on any atom is -0.462 e. The van der Waals surface area contributed by atoms with Crippen LogP contribution < -0.4 is 5.73 Å². The molecule has 0 atom stereocenters. The van der Waals surface area contributed by atoms with Gasteiger partial charge < -0.3 is 15.6 Å². The quantitative estimate of drug-likeness (QED) is 0.360. The summed E-state index contributed by atoms with van der Waals surface area (Å²) in [7, 11) is 0. The molecular formula is C14H17NO3. The van der Waals surface area contributed by atoms with Crippen LogP contribution in [-0.2, 0) is 9.53 Å². The lowest BCUT2D eigenvalue weighted by Gasteiger charge is -2.02. The molecule has 0 radical (unpaired) electrons. The Labute approximate surface area is 106 Å². The van der Waals surface area contributed by atoms with Crippen LogP contribution in [0.5, 0.6) is 0 Å². The van der Waals surface area contributed by atoms with Gasteiger partial charge in [-0.25, -0.2) is 4.79 Å². The van der Waals surface area contributed by atoms with Crippen molar-refractivity contribution in [2.45, 2.75) is 6.92 Å². The number of aliphatic hydroxyl groups excluding tert-OH is 1. The number of hydrogen-bond acceptors (Lipinski definition) is 4. The van der Waals surface area contributed by atoms with Crippen LogP contribution in [-0.4, -0.2) is 24.3 Å². The van der Waals surface area contributed by atoms with Gasteiger partial charge in [0.2, 0.25) is 0 Å². The van der Waals surface area contributed by atoms with Gasteiger partial charge in [0.15, 0.2) is 0 Å². The smallest absolute Gasteiger partial charge is 0.337 e. The summed E-state index contributed by atoms with van der Waals surface area (Å²) >= 11 is 0. The highest BCUT2D eigenvalue weighted by molar-refractivity contribution is 5.92. The highest BCUT2D eigenvalue weighted by atomic mass is 16.5. The molecule has 0 aliphatic heterocycles. The maximum Gasteiger partial charge on any atom is 0.337 e. The lowest BCUT2D eigenvalue weighted by atomic mass is 10.1. The zero-order valence-electron chi connectivity index (χ0n) is 10.3. The zero-order valence-corrected chi connectivity index (χ0v) is 10.3. The van der Waals surface area contributed by atoms with Crippen LogP contribution in [0.1, 0.15) is 12.5 Å². The molecule has 0 saturated carbocycles. The van der Waals surface area contributed by atoms with Crippen molar-refractivity contribution in [3.05, 3.63) is 47.6 Å². The number of benzene rings is 1. The summed E-state index contributed by atoms with van der Waals surface area (Å²) < 4.78 is 4.87. The summed E-state index contributed by atoms with van der Waals surface area (Å²) in [5, 5.41) is 8.85. The lowest BCUT2D eigenvalue weighted by Crippen LogP contribution is -2.06. The number of anilines is 1. The Morgan fingerprint density at radius 2 is 2.06 bits per heavy atom. The van der Waals surface area contributed by atoms with Crippen molar-refractivity contribution >= 4 is 17.7 Å².